The van der Waals surface area contributed by atoms with Gasteiger partial charge in [0.15, 0.2) is 0 Å². The van der Waals surface area contributed by atoms with E-state index in [-0.39, 0.29) is 24.7 Å². The lowest BCUT2D eigenvalue weighted by Crippen LogP contribution is -2.36. The Hall–Kier alpha value is -1.10. The first-order valence-electron chi connectivity index (χ1n) is 6.80. The Kier molecular flexibility index (Phi) is 7.68. The van der Waals surface area contributed by atoms with Crippen molar-refractivity contribution in [3.63, 3.8) is 0 Å². The largest absolute Gasteiger partial charge is 0.460 e. The molecule has 0 aliphatic heterocycles. The summed E-state index contributed by atoms with van der Waals surface area (Å²) in [5.74, 6) is -0.440. The van der Waals surface area contributed by atoms with Crippen molar-refractivity contribution in [1.82, 2.24) is 10.2 Å². The third-order valence-corrected chi connectivity index (χ3v) is 2.64. The lowest BCUT2D eigenvalue weighted by molar-refractivity contribution is -0.155. The van der Waals surface area contributed by atoms with Gasteiger partial charge in [-0.1, -0.05) is 0 Å². The topological polar surface area (TPSA) is 58.6 Å². The van der Waals surface area contributed by atoms with E-state index in [0.717, 1.165) is 6.54 Å². The molecule has 1 amide bonds. The van der Waals surface area contributed by atoms with Crippen molar-refractivity contribution in [2.75, 3.05) is 20.1 Å². The number of rotatable bonds is 7. The highest BCUT2D eigenvalue weighted by atomic mass is 16.6. The maximum atomic E-state index is 11.5. The van der Waals surface area contributed by atoms with E-state index in [1.807, 2.05) is 27.8 Å². The summed E-state index contributed by atoms with van der Waals surface area (Å²) >= 11 is 0. The van der Waals surface area contributed by atoms with Crippen LogP contribution in [0.25, 0.3) is 0 Å². The quantitative estimate of drug-likeness (QED) is 0.715. The average molecular weight is 272 g/mol. The first-order valence-corrected chi connectivity index (χ1v) is 6.80. The molecule has 0 atom stereocenters. The Morgan fingerprint density at radius 2 is 1.79 bits per heavy atom. The second kappa shape index (κ2) is 8.15. The number of hydrogen-bond donors (Lipinski definition) is 1. The number of likely N-dealkylation sites (N-methyl/N-ethyl adjacent to an activating group) is 1. The zero-order chi connectivity index (χ0) is 15.1. The standard InChI is InChI=1S/C14H28N2O3/c1-11(2)16(6)10-9-15-12(17)7-8-13(18)19-14(3,4)5/h11H,7-10H2,1-6H3,(H,15,17). The summed E-state index contributed by atoms with van der Waals surface area (Å²) in [6.45, 7) is 11.0. The van der Waals surface area contributed by atoms with Crippen molar-refractivity contribution < 1.29 is 14.3 Å². The van der Waals surface area contributed by atoms with Crippen LogP contribution < -0.4 is 5.32 Å². The molecule has 0 aromatic heterocycles. The highest BCUT2D eigenvalue weighted by Crippen LogP contribution is 2.08. The Morgan fingerprint density at radius 1 is 1.21 bits per heavy atom. The van der Waals surface area contributed by atoms with Gasteiger partial charge in [-0.25, -0.2) is 0 Å². The summed E-state index contributed by atoms with van der Waals surface area (Å²) < 4.78 is 5.14. The molecule has 0 saturated carbocycles. The number of hydrogen-bond acceptors (Lipinski definition) is 4. The van der Waals surface area contributed by atoms with Crippen LogP contribution in [0.15, 0.2) is 0 Å². The molecule has 0 rings (SSSR count). The molecule has 0 bridgehead atoms. The molecule has 0 aromatic rings. The van der Waals surface area contributed by atoms with E-state index in [2.05, 4.69) is 24.1 Å². The number of nitrogens with one attached hydrogen (secondary N) is 1. The molecule has 0 saturated heterocycles. The fourth-order valence-electron chi connectivity index (χ4n) is 1.33. The molecule has 0 aliphatic rings. The minimum absolute atomic E-state index is 0.108. The summed E-state index contributed by atoms with van der Waals surface area (Å²) in [4.78, 5) is 25.1. The van der Waals surface area contributed by atoms with Crippen molar-refractivity contribution in [3.8, 4) is 0 Å². The van der Waals surface area contributed by atoms with Gasteiger partial charge in [0.05, 0.1) is 6.42 Å². The molecule has 112 valence electrons. The number of esters is 1. The van der Waals surface area contributed by atoms with E-state index >= 15 is 0 Å². The average Bonchev–Trinajstić information content (AvgIpc) is 2.23. The van der Waals surface area contributed by atoms with Crippen molar-refractivity contribution in [2.24, 2.45) is 0 Å². The Balaban J connectivity index is 3.74. The van der Waals surface area contributed by atoms with E-state index in [4.69, 9.17) is 4.74 Å². The molecule has 0 heterocycles. The van der Waals surface area contributed by atoms with Crippen LogP contribution in [0, 0.1) is 0 Å². The van der Waals surface area contributed by atoms with Gasteiger partial charge in [0.1, 0.15) is 5.60 Å². The lowest BCUT2D eigenvalue weighted by atomic mass is 10.2. The third kappa shape index (κ3) is 10.5. The van der Waals surface area contributed by atoms with Gasteiger partial charge in [0, 0.05) is 25.6 Å². The zero-order valence-corrected chi connectivity index (χ0v) is 13.1. The van der Waals surface area contributed by atoms with Crippen LogP contribution in [-0.4, -0.2) is 48.6 Å². The van der Waals surface area contributed by atoms with Crippen LogP contribution in [0.4, 0.5) is 0 Å². The molecule has 0 aromatic carbocycles. The normalized spacial score (nSPS) is 11.8. The molecule has 0 unspecified atom stereocenters. The van der Waals surface area contributed by atoms with Crippen LogP contribution >= 0.6 is 0 Å². The molecule has 5 heteroatoms. The molecule has 19 heavy (non-hydrogen) atoms. The maximum absolute atomic E-state index is 11.5. The van der Waals surface area contributed by atoms with E-state index in [1.165, 1.54) is 0 Å². The van der Waals surface area contributed by atoms with Gasteiger partial charge >= 0.3 is 5.97 Å². The second-order valence-electron chi connectivity index (χ2n) is 6.01. The highest BCUT2D eigenvalue weighted by molar-refractivity contribution is 5.81. The number of ether oxygens (including phenoxy) is 1. The summed E-state index contributed by atoms with van der Waals surface area (Å²) in [6, 6.07) is 0.457. The van der Waals surface area contributed by atoms with Gasteiger partial charge in [-0.15, -0.1) is 0 Å². The molecule has 0 radical (unpaired) electrons. The third-order valence-electron chi connectivity index (χ3n) is 2.64. The number of carbonyl (C=O) groups excluding carboxylic acids is 2. The van der Waals surface area contributed by atoms with Crippen LogP contribution in [-0.2, 0) is 14.3 Å². The fraction of sp³-hybridized carbons (Fsp3) is 0.857. The minimum Gasteiger partial charge on any atom is -0.460 e. The number of carbonyl (C=O) groups is 2. The molecular formula is C14H28N2O3. The van der Waals surface area contributed by atoms with Gasteiger partial charge in [-0.2, -0.15) is 0 Å². The second-order valence-corrected chi connectivity index (χ2v) is 6.01. The first-order chi connectivity index (χ1) is 8.61. The number of nitrogens with zero attached hydrogens (tertiary/aromatic N) is 1. The molecule has 0 fully saturated rings. The Labute approximate surface area is 116 Å². The van der Waals surface area contributed by atoms with Crippen LogP contribution in [0.3, 0.4) is 0 Å². The molecular weight excluding hydrogens is 244 g/mol. The van der Waals surface area contributed by atoms with E-state index in [1.54, 1.807) is 0 Å². The molecule has 5 nitrogen and oxygen atoms in total. The molecule has 0 spiro atoms. The van der Waals surface area contributed by atoms with Crippen LogP contribution in [0.1, 0.15) is 47.5 Å². The van der Waals surface area contributed by atoms with Crippen LogP contribution in [0.5, 0.6) is 0 Å². The summed E-state index contributed by atoms with van der Waals surface area (Å²) in [5.41, 5.74) is -0.493. The van der Waals surface area contributed by atoms with Gasteiger partial charge in [0.25, 0.3) is 0 Å². The molecule has 0 aliphatic carbocycles. The van der Waals surface area contributed by atoms with Crippen molar-refractivity contribution >= 4 is 11.9 Å². The predicted octanol–water partition coefficient (Wildman–Crippen LogP) is 1.56. The van der Waals surface area contributed by atoms with Crippen LogP contribution in [0.2, 0.25) is 0 Å². The lowest BCUT2D eigenvalue weighted by Gasteiger charge is -2.21. The first kappa shape index (κ1) is 17.9. The Bertz CT molecular complexity index is 296. The monoisotopic (exact) mass is 272 g/mol. The SMILES string of the molecule is CC(C)N(C)CCNC(=O)CCC(=O)OC(C)(C)C. The predicted molar refractivity (Wildman–Crippen MR) is 75.9 cm³/mol. The Morgan fingerprint density at radius 3 is 2.26 bits per heavy atom. The summed E-state index contributed by atoms with van der Waals surface area (Å²) in [7, 11) is 2.01. The van der Waals surface area contributed by atoms with Gasteiger partial charge in [0.2, 0.25) is 5.91 Å². The zero-order valence-electron chi connectivity index (χ0n) is 13.1. The fourth-order valence-corrected chi connectivity index (χ4v) is 1.33. The minimum atomic E-state index is -0.493. The summed E-state index contributed by atoms with van der Waals surface area (Å²) in [6.07, 6.45) is 0.309. The van der Waals surface area contributed by atoms with Crippen molar-refractivity contribution in [3.05, 3.63) is 0 Å². The maximum Gasteiger partial charge on any atom is 0.306 e. The van der Waals surface area contributed by atoms with Gasteiger partial charge in [-0.3, -0.25) is 9.59 Å². The smallest absolute Gasteiger partial charge is 0.306 e. The van der Waals surface area contributed by atoms with Crippen molar-refractivity contribution in [2.45, 2.75) is 59.1 Å². The van der Waals surface area contributed by atoms with E-state index in [0.29, 0.717) is 12.6 Å². The van der Waals surface area contributed by atoms with Gasteiger partial charge in [-0.05, 0) is 41.7 Å². The molecule has 1 N–H and O–H groups in total. The van der Waals surface area contributed by atoms with E-state index < -0.39 is 5.60 Å². The van der Waals surface area contributed by atoms with E-state index in [9.17, 15) is 9.59 Å². The number of amides is 1. The summed E-state index contributed by atoms with van der Waals surface area (Å²) in [5, 5.41) is 2.80. The highest BCUT2D eigenvalue weighted by Gasteiger charge is 2.16. The van der Waals surface area contributed by atoms with Gasteiger partial charge < -0.3 is 15.0 Å². The van der Waals surface area contributed by atoms with Crippen molar-refractivity contribution in [1.29, 1.82) is 0 Å².